The number of nitrogens with zero attached hydrogens (tertiary/aromatic N) is 3. The van der Waals surface area contributed by atoms with Gasteiger partial charge in [-0.3, -0.25) is 13.9 Å². The Hall–Kier alpha value is -3.44. The predicted molar refractivity (Wildman–Crippen MR) is 134 cm³/mol. The first-order valence-corrected chi connectivity index (χ1v) is 14.1. The van der Waals surface area contributed by atoms with Crippen molar-refractivity contribution in [3.05, 3.63) is 82.7 Å². The number of piperidine rings is 1. The van der Waals surface area contributed by atoms with Crippen molar-refractivity contribution >= 4 is 19.8 Å². The van der Waals surface area contributed by atoms with Crippen molar-refractivity contribution in [1.29, 1.82) is 0 Å². The summed E-state index contributed by atoms with van der Waals surface area (Å²) in [5.74, 6) is -3.83. The van der Waals surface area contributed by atoms with Crippen LogP contribution in [0.5, 0.6) is 5.75 Å². The molecule has 1 aromatic heterocycles. The minimum Gasteiger partial charge on any atom is -0.756 e. The molecule has 1 unspecified atom stereocenters. The highest BCUT2D eigenvalue weighted by Crippen LogP contribution is 2.43. The summed E-state index contributed by atoms with van der Waals surface area (Å²) in [6.07, 6.45) is 7.53. The number of benzene rings is 2. The third kappa shape index (κ3) is 5.57. The van der Waals surface area contributed by atoms with Gasteiger partial charge in [0.05, 0.1) is 13.2 Å². The average Bonchev–Trinajstić information content (AvgIpc) is 3.50. The van der Waals surface area contributed by atoms with Crippen molar-refractivity contribution in [2.45, 2.75) is 51.4 Å². The lowest BCUT2D eigenvalue weighted by Crippen LogP contribution is -2.41. The quantitative estimate of drug-likeness (QED) is 0.198. The van der Waals surface area contributed by atoms with Gasteiger partial charge in [-0.15, -0.1) is 0 Å². The number of imidazole rings is 1. The van der Waals surface area contributed by atoms with Crippen molar-refractivity contribution in [2.75, 3.05) is 7.11 Å². The minimum atomic E-state index is -4.88. The van der Waals surface area contributed by atoms with Gasteiger partial charge in [-0.2, -0.15) is 4.57 Å². The van der Waals surface area contributed by atoms with Crippen LogP contribution in [0.2, 0.25) is 0 Å². The molecule has 3 heterocycles. The number of phosphoric acid groups is 1. The van der Waals surface area contributed by atoms with E-state index in [1.807, 2.05) is 0 Å². The number of aromatic nitrogens is 2. The molecule has 1 N–H and O–H groups in total. The Morgan fingerprint density at radius 2 is 1.90 bits per heavy atom. The molecule has 2 aliphatic rings. The maximum Gasteiger partial charge on any atom is 0.268 e. The van der Waals surface area contributed by atoms with Crippen LogP contribution >= 0.6 is 7.82 Å². The Morgan fingerprint density at radius 1 is 1.18 bits per heavy atom. The molecule has 3 atom stereocenters. The third-order valence-corrected chi connectivity index (χ3v) is 7.82. The Labute approximate surface area is 228 Å². The summed E-state index contributed by atoms with van der Waals surface area (Å²) in [5, 5.41) is 0. The summed E-state index contributed by atoms with van der Waals surface area (Å²) in [6, 6.07) is 6.65. The molecule has 0 saturated carbocycles. The lowest BCUT2D eigenvalue weighted by molar-refractivity contribution is -0.596. The zero-order valence-electron chi connectivity index (χ0n) is 21.7. The molecule has 2 aliphatic heterocycles. The van der Waals surface area contributed by atoms with Gasteiger partial charge in [-0.1, -0.05) is 6.07 Å². The predicted octanol–water partition coefficient (Wildman–Crippen LogP) is 3.84. The largest absolute Gasteiger partial charge is 0.756 e. The van der Waals surface area contributed by atoms with Crippen molar-refractivity contribution in [3.63, 3.8) is 0 Å². The molecule has 5 rings (SSSR count). The second-order valence-corrected chi connectivity index (χ2v) is 11.1. The second kappa shape index (κ2) is 10.9. The number of aryl methyl sites for hydroxylation is 1. The number of carbonyl (C=O) groups is 1. The number of amides is 1. The number of phosphoric ester groups is 1. The fourth-order valence-corrected chi connectivity index (χ4v) is 5.72. The molecule has 212 valence electrons. The van der Waals surface area contributed by atoms with E-state index >= 15 is 0 Å². The normalized spacial score (nSPS) is 21.5. The number of hydrogen-bond donors (Lipinski definition) is 1. The van der Waals surface area contributed by atoms with Gasteiger partial charge in [0.2, 0.25) is 0 Å². The summed E-state index contributed by atoms with van der Waals surface area (Å²) < 4.78 is 65.6. The Kier molecular flexibility index (Phi) is 7.62. The maximum absolute atomic E-state index is 13.9. The topological polar surface area (TPSA) is 108 Å². The van der Waals surface area contributed by atoms with Gasteiger partial charge in [-0.25, -0.2) is 17.7 Å². The van der Waals surface area contributed by atoms with E-state index < -0.39 is 38.0 Å². The lowest BCUT2D eigenvalue weighted by atomic mass is 9.95. The van der Waals surface area contributed by atoms with Crippen LogP contribution in [-0.4, -0.2) is 33.4 Å². The number of ether oxygens (including phenoxy) is 1. The molecule has 0 spiro atoms. The fourth-order valence-electron chi connectivity index (χ4n) is 5.45. The summed E-state index contributed by atoms with van der Waals surface area (Å²) in [6.45, 7) is 1.33. The molecule has 2 aromatic carbocycles. The van der Waals surface area contributed by atoms with Crippen LogP contribution in [0.25, 0.3) is 11.8 Å². The van der Waals surface area contributed by atoms with Gasteiger partial charge < -0.3 is 19.4 Å². The van der Waals surface area contributed by atoms with Gasteiger partial charge in [0.1, 0.15) is 11.9 Å². The van der Waals surface area contributed by atoms with E-state index in [-0.39, 0.29) is 17.5 Å². The number of halogens is 3. The number of hydrogen-bond acceptors (Lipinski definition) is 5. The molecule has 2 saturated heterocycles. The molecule has 3 aromatic rings. The van der Waals surface area contributed by atoms with E-state index in [0.717, 1.165) is 12.1 Å². The van der Waals surface area contributed by atoms with Crippen LogP contribution in [0.3, 0.4) is 0 Å². The molecule has 40 heavy (non-hydrogen) atoms. The zero-order valence-corrected chi connectivity index (χ0v) is 22.6. The van der Waals surface area contributed by atoms with E-state index in [9.17, 15) is 27.4 Å². The van der Waals surface area contributed by atoms with Crippen LogP contribution in [0, 0.1) is 24.4 Å². The van der Waals surface area contributed by atoms with Crippen molar-refractivity contribution in [3.8, 4) is 11.4 Å². The van der Waals surface area contributed by atoms with Gasteiger partial charge >= 0.3 is 0 Å². The van der Waals surface area contributed by atoms with Gasteiger partial charge in [0.15, 0.2) is 35.6 Å². The molecule has 0 bridgehead atoms. The standard InChI is InChI=1S/C27H27F3N3O6P/c1-16-13-31(14-32(16)15-39-40(35,36)37)24-7-3-17(10-25(24)38-2)9-18-4-5-20-6-8-23(33(20)27(18)34)19-11-21(28)26(30)22(29)12-19/h3,7,9-14,20,23H,4-6,8,15H2,1-2H3,(H-,35,36,37)/b18-9+/t20-,23-/m0/s1. The summed E-state index contributed by atoms with van der Waals surface area (Å²) in [5.41, 5.74) is 2.77. The van der Waals surface area contributed by atoms with Crippen LogP contribution in [0.1, 0.15) is 48.5 Å². The van der Waals surface area contributed by atoms with Crippen molar-refractivity contribution in [1.82, 2.24) is 9.47 Å². The first-order valence-electron chi connectivity index (χ1n) is 12.6. The van der Waals surface area contributed by atoms with Crippen LogP contribution in [0.15, 0.2) is 48.4 Å². The molecule has 0 radical (unpaired) electrons. The highest BCUT2D eigenvalue weighted by molar-refractivity contribution is 7.44. The molecule has 0 aliphatic carbocycles. The van der Waals surface area contributed by atoms with E-state index in [2.05, 4.69) is 4.52 Å². The average molecular weight is 577 g/mol. The van der Waals surface area contributed by atoms with Gasteiger partial charge in [0, 0.05) is 18.5 Å². The second-order valence-electron chi connectivity index (χ2n) is 9.89. The fraction of sp³-hybridized carbons (Fsp3) is 0.333. The summed E-state index contributed by atoms with van der Waals surface area (Å²) in [4.78, 5) is 35.0. The lowest BCUT2D eigenvalue weighted by Gasteiger charge is -2.35. The van der Waals surface area contributed by atoms with Gasteiger partial charge in [-0.05, 0) is 67.2 Å². The van der Waals surface area contributed by atoms with Gasteiger partial charge in [0.25, 0.3) is 20.1 Å². The van der Waals surface area contributed by atoms with E-state index in [1.165, 1.54) is 11.7 Å². The third-order valence-electron chi connectivity index (χ3n) is 7.38. The number of fused-ring (bicyclic) bond motifs is 1. The van der Waals surface area contributed by atoms with Crippen LogP contribution in [-0.2, 0) is 20.6 Å². The zero-order chi connectivity index (χ0) is 28.8. The van der Waals surface area contributed by atoms with E-state index in [4.69, 9.17) is 9.63 Å². The Morgan fingerprint density at radius 3 is 2.58 bits per heavy atom. The molecular weight excluding hydrogens is 550 g/mol. The summed E-state index contributed by atoms with van der Waals surface area (Å²) in [7, 11) is -3.39. The smallest absolute Gasteiger partial charge is 0.268 e. The first-order chi connectivity index (χ1) is 18.9. The van der Waals surface area contributed by atoms with E-state index in [0.29, 0.717) is 54.0 Å². The van der Waals surface area contributed by atoms with Crippen LogP contribution < -0.4 is 14.2 Å². The van der Waals surface area contributed by atoms with Crippen LogP contribution in [0.4, 0.5) is 13.2 Å². The van der Waals surface area contributed by atoms with Crippen molar-refractivity contribution in [2.24, 2.45) is 0 Å². The maximum atomic E-state index is 13.9. The SMILES string of the molecule is COc1cc(/C=C2\CC[C@H]3CC[C@@H](c4cc(F)c(F)c(F)c4)N3C2=O)ccc1-[n+]1cc(C)n(COP(=O)([O-])O)c1. The first kappa shape index (κ1) is 28.1. The number of rotatable bonds is 7. The molecule has 2 fully saturated rings. The number of carbonyl (C=O) groups excluding carboxylic acids is 1. The molecule has 9 nitrogen and oxygen atoms in total. The van der Waals surface area contributed by atoms with Crippen molar-refractivity contribution < 1.29 is 46.1 Å². The highest BCUT2D eigenvalue weighted by Gasteiger charge is 2.42. The molecular formula is C27H27F3N3O6P. The minimum absolute atomic E-state index is 0.0586. The monoisotopic (exact) mass is 577 g/mol. The highest BCUT2D eigenvalue weighted by atomic mass is 31.2. The number of methoxy groups -OCH3 is 1. The Bertz CT molecular complexity index is 1530. The molecule has 13 heteroatoms. The molecule has 1 amide bonds. The van der Waals surface area contributed by atoms with E-state index in [1.54, 1.807) is 53.2 Å². The Balaban J connectivity index is 1.40. The summed E-state index contributed by atoms with van der Waals surface area (Å²) >= 11 is 0.